The number of ether oxygens (including phenoxy) is 1. The molecule has 7 rings (SSSR count). The molecule has 3 N–H and O–H groups in total. The Hall–Kier alpha value is -3.39. The largest absolute Gasteiger partial charge is 0.490 e. The van der Waals surface area contributed by atoms with Crippen molar-refractivity contribution in [2.45, 2.75) is 37.8 Å². The number of benzene rings is 2. The second-order valence-electron chi connectivity index (χ2n) is 9.02. The summed E-state index contributed by atoms with van der Waals surface area (Å²) in [6.45, 7) is 3.03. The van der Waals surface area contributed by atoms with Gasteiger partial charge in [-0.3, -0.25) is 14.7 Å². The zero-order chi connectivity index (χ0) is 22.8. The topological polar surface area (TPSA) is 108 Å². The van der Waals surface area contributed by atoms with Crippen molar-refractivity contribution >= 4 is 23.3 Å². The van der Waals surface area contributed by atoms with E-state index < -0.39 is 0 Å². The molecule has 33 heavy (non-hydrogen) atoms. The number of nitrogens with zero attached hydrogens (tertiary/aromatic N) is 2. The highest BCUT2D eigenvalue weighted by atomic mass is 16.5. The highest BCUT2D eigenvalue weighted by molar-refractivity contribution is 6.05. The van der Waals surface area contributed by atoms with Crippen LogP contribution in [0.2, 0.25) is 0 Å². The van der Waals surface area contributed by atoms with Crippen molar-refractivity contribution in [3.05, 3.63) is 59.3 Å². The molecular weight excluding hydrogens is 420 g/mol. The van der Waals surface area contributed by atoms with E-state index in [0.717, 1.165) is 49.1 Å². The van der Waals surface area contributed by atoms with Crippen molar-refractivity contribution in [1.82, 2.24) is 20.4 Å². The number of carbonyl (C=O) groups excluding carboxylic acids is 1. The molecule has 3 aromatic rings. The van der Waals surface area contributed by atoms with Crippen LogP contribution in [0, 0.1) is 5.92 Å². The molecular formula is C25H28N4O4. The second-order valence-corrected chi connectivity index (χ2v) is 9.02. The van der Waals surface area contributed by atoms with Crippen molar-refractivity contribution in [3.63, 3.8) is 0 Å². The number of piperidine rings is 3. The SMILES string of the molecule is O=C(N[C@@H]1CN2CCC1CC2)c1n[nH]c2ccc(OC3Cc4ccccc4C3)cc12.O=CO. The molecule has 0 unspecified atom stereocenters. The van der Waals surface area contributed by atoms with Crippen LogP contribution in [0.3, 0.4) is 0 Å². The molecule has 2 bridgehead atoms. The summed E-state index contributed by atoms with van der Waals surface area (Å²) in [5.74, 6) is 1.29. The van der Waals surface area contributed by atoms with Gasteiger partial charge in [-0.15, -0.1) is 0 Å². The lowest BCUT2D eigenvalue weighted by molar-refractivity contribution is -0.122. The fraction of sp³-hybridized carbons (Fsp3) is 0.400. The Bertz CT molecular complexity index is 1130. The van der Waals surface area contributed by atoms with Gasteiger partial charge in [-0.25, -0.2) is 0 Å². The minimum absolute atomic E-state index is 0.0922. The number of aromatic amines is 1. The Balaban J connectivity index is 0.000000724. The molecule has 1 aliphatic carbocycles. The van der Waals surface area contributed by atoms with Crippen molar-refractivity contribution in [1.29, 1.82) is 0 Å². The average Bonchev–Trinajstić information content (AvgIpc) is 3.44. The minimum atomic E-state index is -0.250. The lowest BCUT2D eigenvalue weighted by Gasteiger charge is -2.44. The normalized spacial score (nSPS) is 23.5. The van der Waals surface area contributed by atoms with Crippen molar-refractivity contribution in [2.75, 3.05) is 19.6 Å². The smallest absolute Gasteiger partial charge is 0.290 e. The zero-order valence-electron chi connectivity index (χ0n) is 18.4. The van der Waals surface area contributed by atoms with E-state index >= 15 is 0 Å². The third kappa shape index (κ3) is 4.43. The van der Waals surface area contributed by atoms with Gasteiger partial charge in [0.1, 0.15) is 11.9 Å². The fourth-order valence-corrected chi connectivity index (χ4v) is 5.40. The molecule has 0 radical (unpaired) electrons. The first-order valence-electron chi connectivity index (χ1n) is 11.5. The number of fused-ring (bicyclic) bond motifs is 5. The summed E-state index contributed by atoms with van der Waals surface area (Å²) in [4.78, 5) is 23.8. The Morgan fingerprint density at radius 1 is 1.15 bits per heavy atom. The first-order chi connectivity index (χ1) is 16.1. The molecule has 3 aliphatic heterocycles. The predicted molar refractivity (Wildman–Crippen MR) is 123 cm³/mol. The number of carboxylic acid groups (broad SMARTS) is 1. The number of rotatable bonds is 4. The standard InChI is InChI=1S/C24H26N4O2.CH2O2/c29-24(25-22-14-28-9-7-15(22)8-10-28)23-20-13-18(5-6-21(20)26-27-23)30-19-11-16-3-1-2-4-17(16)12-19;2-1-3/h1-6,13,15,19,22H,7-12,14H2,(H,25,29)(H,26,27);1H,(H,2,3)/t22-;/m1./s1. The molecule has 4 heterocycles. The number of nitrogens with one attached hydrogen (secondary N) is 2. The summed E-state index contributed by atoms with van der Waals surface area (Å²) in [6, 6.07) is 14.6. The van der Waals surface area contributed by atoms with Gasteiger partial charge in [0, 0.05) is 30.8 Å². The molecule has 3 saturated heterocycles. The number of hydrogen-bond donors (Lipinski definition) is 3. The maximum Gasteiger partial charge on any atom is 0.290 e. The zero-order valence-corrected chi connectivity index (χ0v) is 18.4. The molecule has 172 valence electrons. The Labute approximate surface area is 191 Å². The van der Waals surface area contributed by atoms with E-state index in [1.165, 1.54) is 24.0 Å². The van der Waals surface area contributed by atoms with E-state index in [-0.39, 0.29) is 24.5 Å². The van der Waals surface area contributed by atoms with Crippen LogP contribution in [0.4, 0.5) is 0 Å². The van der Waals surface area contributed by atoms with E-state index in [4.69, 9.17) is 14.6 Å². The molecule has 1 atom stereocenters. The van der Waals surface area contributed by atoms with E-state index in [0.29, 0.717) is 11.6 Å². The van der Waals surface area contributed by atoms with E-state index in [2.05, 4.69) is 44.7 Å². The van der Waals surface area contributed by atoms with E-state index in [1.54, 1.807) is 0 Å². The van der Waals surface area contributed by atoms with Gasteiger partial charge in [0.15, 0.2) is 5.69 Å². The molecule has 1 amide bonds. The number of H-pyrrole nitrogens is 1. The van der Waals surface area contributed by atoms with Crippen LogP contribution in [-0.4, -0.2) is 64.4 Å². The molecule has 0 saturated carbocycles. The van der Waals surface area contributed by atoms with Crippen LogP contribution in [0.25, 0.3) is 10.9 Å². The molecule has 8 nitrogen and oxygen atoms in total. The highest BCUT2D eigenvalue weighted by Crippen LogP contribution is 2.30. The molecule has 2 aromatic carbocycles. The van der Waals surface area contributed by atoms with Crippen LogP contribution < -0.4 is 10.1 Å². The van der Waals surface area contributed by atoms with Gasteiger partial charge in [0.2, 0.25) is 0 Å². The summed E-state index contributed by atoms with van der Waals surface area (Å²) in [5, 5.41) is 18.3. The molecule has 8 heteroatoms. The van der Waals surface area contributed by atoms with Gasteiger partial charge >= 0.3 is 0 Å². The molecule has 0 spiro atoms. The van der Waals surface area contributed by atoms with Crippen molar-refractivity contribution in [2.24, 2.45) is 5.92 Å². The fourth-order valence-electron chi connectivity index (χ4n) is 5.40. The first kappa shape index (κ1) is 21.5. The summed E-state index contributed by atoms with van der Waals surface area (Å²) in [6.07, 6.45) is 4.33. The average molecular weight is 449 g/mol. The van der Waals surface area contributed by atoms with E-state index in [9.17, 15) is 4.79 Å². The van der Waals surface area contributed by atoms with Gasteiger partial charge < -0.3 is 20.1 Å². The van der Waals surface area contributed by atoms with Crippen molar-refractivity contribution < 1.29 is 19.4 Å². The number of carbonyl (C=O) groups is 2. The molecule has 3 fully saturated rings. The number of hydrogen-bond acceptors (Lipinski definition) is 5. The van der Waals surface area contributed by atoms with Crippen LogP contribution >= 0.6 is 0 Å². The Kier molecular flexibility index (Phi) is 6.00. The summed E-state index contributed by atoms with van der Waals surface area (Å²) in [7, 11) is 0. The quantitative estimate of drug-likeness (QED) is 0.530. The lowest BCUT2D eigenvalue weighted by Crippen LogP contribution is -2.57. The first-order valence-corrected chi connectivity index (χ1v) is 11.5. The predicted octanol–water partition coefficient (Wildman–Crippen LogP) is 2.63. The van der Waals surface area contributed by atoms with Gasteiger partial charge in [-0.1, -0.05) is 24.3 Å². The maximum absolute atomic E-state index is 13.0. The van der Waals surface area contributed by atoms with Crippen LogP contribution in [-0.2, 0) is 17.6 Å². The van der Waals surface area contributed by atoms with Gasteiger partial charge in [-0.05, 0) is 61.2 Å². The third-order valence-electron chi connectivity index (χ3n) is 7.04. The van der Waals surface area contributed by atoms with Crippen molar-refractivity contribution in [3.8, 4) is 5.75 Å². The van der Waals surface area contributed by atoms with Crippen LogP contribution in [0.5, 0.6) is 5.75 Å². The van der Waals surface area contributed by atoms with Crippen LogP contribution in [0.1, 0.15) is 34.5 Å². The Morgan fingerprint density at radius 2 is 1.85 bits per heavy atom. The number of aromatic nitrogens is 2. The van der Waals surface area contributed by atoms with Gasteiger partial charge in [0.05, 0.1) is 5.52 Å². The maximum atomic E-state index is 13.0. The van der Waals surface area contributed by atoms with Gasteiger partial charge in [-0.2, -0.15) is 5.10 Å². The van der Waals surface area contributed by atoms with E-state index in [1.807, 2.05) is 18.2 Å². The van der Waals surface area contributed by atoms with Gasteiger partial charge in [0.25, 0.3) is 12.4 Å². The molecule has 4 aliphatic rings. The lowest BCUT2D eigenvalue weighted by atomic mass is 9.84. The third-order valence-corrected chi connectivity index (χ3v) is 7.04. The Morgan fingerprint density at radius 3 is 2.48 bits per heavy atom. The molecule has 1 aromatic heterocycles. The van der Waals surface area contributed by atoms with Crippen LogP contribution in [0.15, 0.2) is 42.5 Å². The second kappa shape index (κ2) is 9.23. The summed E-state index contributed by atoms with van der Waals surface area (Å²) >= 11 is 0. The summed E-state index contributed by atoms with van der Waals surface area (Å²) < 4.78 is 6.28. The summed E-state index contributed by atoms with van der Waals surface area (Å²) in [5.41, 5.74) is 4.05. The highest BCUT2D eigenvalue weighted by Gasteiger charge is 2.35. The monoisotopic (exact) mass is 448 g/mol. The number of amides is 1. The minimum Gasteiger partial charge on any atom is -0.490 e.